The second-order valence-electron chi connectivity index (χ2n) is 4.22. The van der Waals surface area contributed by atoms with E-state index in [1.54, 1.807) is 12.1 Å². The third-order valence-corrected chi connectivity index (χ3v) is 2.62. The Balaban J connectivity index is 2.86. The van der Waals surface area contributed by atoms with Crippen LogP contribution in [0.4, 0.5) is 4.39 Å². The highest BCUT2D eigenvalue weighted by Gasteiger charge is 2.39. The minimum Gasteiger partial charge on any atom is -0.494 e. The highest BCUT2D eigenvalue weighted by atomic mass is 19.1. The third-order valence-electron chi connectivity index (χ3n) is 2.62. The van der Waals surface area contributed by atoms with E-state index in [4.69, 9.17) is 9.84 Å². The molecule has 0 amide bonds. The Hall–Kier alpha value is -1.62. The Labute approximate surface area is 105 Å². The summed E-state index contributed by atoms with van der Waals surface area (Å²) in [5, 5.41) is 18.5. The van der Waals surface area contributed by atoms with Crippen molar-refractivity contribution in [3.05, 3.63) is 29.8 Å². The van der Waals surface area contributed by atoms with Crippen molar-refractivity contribution in [2.24, 2.45) is 0 Å². The molecule has 0 fully saturated rings. The zero-order chi connectivity index (χ0) is 13.8. The molecule has 0 radical (unpaired) electrons. The van der Waals surface area contributed by atoms with Crippen molar-refractivity contribution in [1.29, 1.82) is 0 Å². The van der Waals surface area contributed by atoms with Crippen LogP contribution in [-0.4, -0.2) is 29.0 Å². The van der Waals surface area contributed by atoms with E-state index in [0.29, 0.717) is 12.4 Å². The Morgan fingerprint density at radius 2 is 2.00 bits per heavy atom. The molecule has 0 heterocycles. The largest absolute Gasteiger partial charge is 0.494 e. The van der Waals surface area contributed by atoms with Crippen molar-refractivity contribution < 1.29 is 24.1 Å². The van der Waals surface area contributed by atoms with Crippen molar-refractivity contribution in [2.75, 3.05) is 6.61 Å². The third kappa shape index (κ3) is 3.20. The fourth-order valence-electron chi connectivity index (χ4n) is 1.50. The minimum absolute atomic E-state index is 0.196. The lowest BCUT2D eigenvalue weighted by Gasteiger charge is -2.25. The maximum absolute atomic E-state index is 13.4. The molecule has 0 aliphatic rings. The van der Waals surface area contributed by atoms with Gasteiger partial charge in [-0.3, -0.25) is 0 Å². The first-order valence-electron chi connectivity index (χ1n) is 5.72. The summed E-state index contributed by atoms with van der Waals surface area (Å²) in [7, 11) is 0. The molecule has 0 aliphatic heterocycles. The predicted octanol–water partition coefficient (Wildman–Crippen LogP) is 2.11. The van der Waals surface area contributed by atoms with Crippen molar-refractivity contribution >= 4 is 5.97 Å². The van der Waals surface area contributed by atoms with Crippen LogP contribution in [0, 0.1) is 0 Å². The van der Waals surface area contributed by atoms with E-state index in [0.717, 1.165) is 13.3 Å². The smallest absolute Gasteiger partial charge is 0.341 e. The highest BCUT2D eigenvalue weighted by Crippen LogP contribution is 2.28. The molecular formula is C13H17FO4. The van der Waals surface area contributed by atoms with E-state index < -0.39 is 17.7 Å². The molecule has 0 aromatic heterocycles. The van der Waals surface area contributed by atoms with Crippen LogP contribution in [0.1, 0.15) is 25.8 Å². The van der Waals surface area contributed by atoms with Gasteiger partial charge in [0.2, 0.25) is 6.17 Å². The molecule has 100 valence electrons. The van der Waals surface area contributed by atoms with Gasteiger partial charge in [0.1, 0.15) is 11.4 Å². The standard InChI is InChI=1S/C13H17FO4/c1-3-8-18-10-6-4-9(5-7-10)13(2,17)11(14)12(15)16/h4-7,11,17H,3,8H2,1-2H3,(H,15,16). The molecule has 1 rings (SSSR count). The molecule has 18 heavy (non-hydrogen) atoms. The van der Waals surface area contributed by atoms with Crippen molar-refractivity contribution in [2.45, 2.75) is 32.0 Å². The van der Waals surface area contributed by atoms with Crippen LogP contribution in [-0.2, 0) is 10.4 Å². The maximum Gasteiger partial charge on any atom is 0.341 e. The van der Waals surface area contributed by atoms with Gasteiger partial charge in [-0.2, -0.15) is 0 Å². The van der Waals surface area contributed by atoms with E-state index in [1.165, 1.54) is 12.1 Å². The lowest BCUT2D eigenvalue weighted by molar-refractivity contribution is -0.153. The molecular weight excluding hydrogens is 239 g/mol. The van der Waals surface area contributed by atoms with E-state index in [2.05, 4.69) is 0 Å². The number of carboxylic acid groups (broad SMARTS) is 1. The molecule has 2 N–H and O–H groups in total. The molecule has 0 aliphatic carbocycles. The Morgan fingerprint density at radius 1 is 1.44 bits per heavy atom. The quantitative estimate of drug-likeness (QED) is 0.818. The van der Waals surface area contributed by atoms with Gasteiger partial charge in [-0.05, 0) is 31.0 Å². The Morgan fingerprint density at radius 3 is 2.44 bits per heavy atom. The minimum atomic E-state index is -2.38. The number of rotatable bonds is 6. The number of halogens is 1. The van der Waals surface area contributed by atoms with E-state index in [1.807, 2.05) is 6.92 Å². The van der Waals surface area contributed by atoms with Gasteiger partial charge in [-0.25, -0.2) is 9.18 Å². The monoisotopic (exact) mass is 256 g/mol. The zero-order valence-corrected chi connectivity index (χ0v) is 10.4. The predicted molar refractivity (Wildman–Crippen MR) is 64.3 cm³/mol. The Kier molecular flexibility index (Phi) is 4.67. The van der Waals surface area contributed by atoms with Gasteiger partial charge >= 0.3 is 5.97 Å². The topological polar surface area (TPSA) is 66.8 Å². The van der Waals surface area contributed by atoms with E-state index in [-0.39, 0.29) is 5.56 Å². The number of aliphatic hydroxyl groups is 1. The summed E-state index contributed by atoms with van der Waals surface area (Å²) in [4.78, 5) is 10.6. The summed E-state index contributed by atoms with van der Waals surface area (Å²) in [6.07, 6.45) is -1.51. The first kappa shape index (κ1) is 14.4. The van der Waals surface area contributed by atoms with Crippen molar-refractivity contribution in [1.82, 2.24) is 0 Å². The summed E-state index contributed by atoms with van der Waals surface area (Å²) >= 11 is 0. The maximum atomic E-state index is 13.4. The average Bonchev–Trinajstić information content (AvgIpc) is 2.35. The van der Waals surface area contributed by atoms with Gasteiger partial charge in [-0.15, -0.1) is 0 Å². The van der Waals surface area contributed by atoms with Crippen LogP contribution >= 0.6 is 0 Å². The molecule has 5 heteroatoms. The van der Waals surface area contributed by atoms with Gasteiger partial charge in [-0.1, -0.05) is 19.1 Å². The van der Waals surface area contributed by atoms with Crippen molar-refractivity contribution in [3.8, 4) is 5.75 Å². The van der Waals surface area contributed by atoms with Crippen LogP contribution in [0.25, 0.3) is 0 Å². The second-order valence-corrected chi connectivity index (χ2v) is 4.22. The number of aliphatic carboxylic acids is 1. The van der Waals surface area contributed by atoms with Crippen LogP contribution in [0.2, 0.25) is 0 Å². The lowest BCUT2D eigenvalue weighted by Crippen LogP contribution is -2.39. The lowest BCUT2D eigenvalue weighted by atomic mass is 9.91. The van der Waals surface area contributed by atoms with E-state index in [9.17, 15) is 14.3 Å². The van der Waals surface area contributed by atoms with Crippen LogP contribution in [0.3, 0.4) is 0 Å². The number of benzene rings is 1. The highest BCUT2D eigenvalue weighted by molar-refractivity contribution is 5.74. The molecule has 0 saturated heterocycles. The Bertz CT molecular complexity index is 400. The number of alkyl halides is 1. The fraction of sp³-hybridized carbons (Fsp3) is 0.462. The zero-order valence-electron chi connectivity index (χ0n) is 10.4. The molecule has 2 atom stereocenters. The van der Waals surface area contributed by atoms with Gasteiger partial charge < -0.3 is 14.9 Å². The number of ether oxygens (including phenoxy) is 1. The normalized spacial score (nSPS) is 15.8. The molecule has 0 spiro atoms. The summed E-state index contributed by atoms with van der Waals surface area (Å²) in [5.41, 5.74) is -1.86. The summed E-state index contributed by atoms with van der Waals surface area (Å²) in [5.74, 6) is -1.09. The fourth-order valence-corrected chi connectivity index (χ4v) is 1.50. The van der Waals surface area contributed by atoms with Gasteiger partial charge in [0.05, 0.1) is 6.61 Å². The summed E-state index contributed by atoms with van der Waals surface area (Å²) in [6, 6.07) is 6.07. The van der Waals surface area contributed by atoms with Gasteiger partial charge in [0.15, 0.2) is 0 Å². The first-order chi connectivity index (χ1) is 8.39. The SMILES string of the molecule is CCCOc1ccc(C(C)(O)C(F)C(=O)O)cc1. The molecule has 0 bridgehead atoms. The molecule has 0 saturated carbocycles. The molecule has 2 unspecified atom stereocenters. The van der Waals surface area contributed by atoms with Crippen LogP contribution in [0.15, 0.2) is 24.3 Å². The number of carboxylic acids is 1. The molecule has 4 nitrogen and oxygen atoms in total. The number of carbonyl (C=O) groups is 1. The summed E-state index contributed by atoms with van der Waals surface area (Å²) in [6.45, 7) is 3.67. The van der Waals surface area contributed by atoms with Gasteiger partial charge in [0.25, 0.3) is 0 Å². The summed E-state index contributed by atoms with van der Waals surface area (Å²) < 4.78 is 18.8. The number of hydrogen-bond donors (Lipinski definition) is 2. The first-order valence-corrected chi connectivity index (χ1v) is 5.72. The molecule has 1 aromatic carbocycles. The number of hydrogen-bond acceptors (Lipinski definition) is 3. The van der Waals surface area contributed by atoms with Crippen molar-refractivity contribution in [3.63, 3.8) is 0 Å². The van der Waals surface area contributed by atoms with E-state index >= 15 is 0 Å². The molecule has 1 aromatic rings. The van der Waals surface area contributed by atoms with Crippen LogP contribution < -0.4 is 4.74 Å². The van der Waals surface area contributed by atoms with Gasteiger partial charge in [0, 0.05) is 0 Å². The van der Waals surface area contributed by atoms with Crippen LogP contribution in [0.5, 0.6) is 5.75 Å². The average molecular weight is 256 g/mol. The second kappa shape index (κ2) is 5.82.